The lowest BCUT2D eigenvalue weighted by Gasteiger charge is -2.14. The standard InChI is InChI=1S/C13H17FN2O4/c14-11-4-3-9(6-12(11)16(18)19)13(17)8-15-7-10-2-1-5-20-10/h3-4,6,10,13,15,17H,1-2,5,7-8H2. The van der Waals surface area contributed by atoms with Gasteiger partial charge in [0.05, 0.1) is 17.1 Å². The molecule has 2 atom stereocenters. The molecule has 0 amide bonds. The third kappa shape index (κ3) is 3.72. The van der Waals surface area contributed by atoms with E-state index in [0.29, 0.717) is 12.1 Å². The van der Waals surface area contributed by atoms with Crippen molar-refractivity contribution in [2.75, 3.05) is 19.7 Å². The van der Waals surface area contributed by atoms with Gasteiger partial charge in [0.2, 0.25) is 5.82 Å². The van der Waals surface area contributed by atoms with E-state index in [2.05, 4.69) is 5.32 Å². The molecule has 0 radical (unpaired) electrons. The highest BCUT2D eigenvalue weighted by Crippen LogP contribution is 2.22. The topological polar surface area (TPSA) is 84.6 Å². The van der Waals surface area contributed by atoms with Gasteiger partial charge in [-0.15, -0.1) is 0 Å². The maximum absolute atomic E-state index is 13.2. The van der Waals surface area contributed by atoms with Gasteiger partial charge in [-0.1, -0.05) is 6.07 Å². The summed E-state index contributed by atoms with van der Waals surface area (Å²) in [6.45, 7) is 1.63. The van der Waals surface area contributed by atoms with Crippen LogP contribution in [0.5, 0.6) is 0 Å². The molecule has 2 rings (SSSR count). The van der Waals surface area contributed by atoms with Gasteiger partial charge in [0, 0.05) is 25.8 Å². The summed E-state index contributed by atoms with van der Waals surface area (Å²) in [4.78, 5) is 9.84. The molecule has 1 heterocycles. The second-order valence-corrected chi connectivity index (χ2v) is 4.78. The molecular formula is C13H17FN2O4. The Kier molecular flexibility index (Phi) is 4.99. The van der Waals surface area contributed by atoms with Crippen molar-refractivity contribution in [2.45, 2.75) is 25.0 Å². The first-order valence-electron chi connectivity index (χ1n) is 6.52. The molecule has 1 fully saturated rings. The predicted octanol–water partition coefficient (Wildman–Crippen LogP) is 1.54. The molecule has 0 aromatic heterocycles. The number of nitro benzene ring substituents is 1. The Labute approximate surface area is 115 Å². The number of nitrogens with zero attached hydrogens (tertiary/aromatic N) is 1. The molecule has 1 aliphatic rings. The summed E-state index contributed by atoms with van der Waals surface area (Å²) in [5.74, 6) is -0.904. The van der Waals surface area contributed by atoms with Crippen molar-refractivity contribution in [1.29, 1.82) is 0 Å². The number of nitrogens with one attached hydrogen (secondary N) is 1. The molecule has 7 heteroatoms. The molecule has 110 valence electrons. The summed E-state index contributed by atoms with van der Waals surface area (Å²) >= 11 is 0. The van der Waals surface area contributed by atoms with Gasteiger partial charge >= 0.3 is 5.69 Å². The minimum absolute atomic E-state index is 0.157. The van der Waals surface area contributed by atoms with E-state index < -0.39 is 22.5 Å². The highest BCUT2D eigenvalue weighted by molar-refractivity contribution is 5.37. The molecule has 2 unspecified atom stereocenters. The molecule has 20 heavy (non-hydrogen) atoms. The van der Waals surface area contributed by atoms with Gasteiger partial charge in [-0.3, -0.25) is 10.1 Å². The molecular weight excluding hydrogens is 267 g/mol. The van der Waals surface area contributed by atoms with E-state index >= 15 is 0 Å². The average molecular weight is 284 g/mol. The van der Waals surface area contributed by atoms with Crippen molar-refractivity contribution < 1.29 is 19.2 Å². The Morgan fingerprint density at radius 3 is 3.05 bits per heavy atom. The van der Waals surface area contributed by atoms with E-state index in [9.17, 15) is 19.6 Å². The number of aliphatic hydroxyl groups is 1. The van der Waals surface area contributed by atoms with Crippen molar-refractivity contribution in [3.63, 3.8) is 0 Å². The Hall–Kier alpha value is -1.57. The third-order valence-electron chi connectivity index (χ3n) is 3.29. The fourth-order valence-electron chi connectivity index (χ4n) is 2.18. The summed E-state index contributed by atoms with van der Waals surface area (Å²) in [5.41, 5.74) is -0.307. The smallest absolute Gasteiger partial charge is 0.305 e. The quantitative estimate of drug-likeness (QED) is 0.611. The van der Waals surface area contributed by atoms with Crippen molar-refractivity contribution in [2.24, 2.45) is 0 Å². The molecule has 1 saturated heterocycles. The highest BCUT2D eigenvalue weighted by Gasteiger charge is 2.19. The third-order valence-corrected chi connectivity index (χ3v) is 3.29. The van der Waals surface area contributed by atoms with Crippen molar-refractivity contribution in [3.05, 3.63) is 39.7 Å². The number of halogens is 1. The van der Waals surface area contributed by atoms with Gasteiger partial charge in [-0.2, -0.15) is 4.39 Å². The minimum Gasteiger partial charge on any atom is -0.387 e. The summed E-state index contributed by atoms with van der Waals surface area (Å²) in [6.07, 6.45) is 1.27. The first-order chi connectivity index (χ1) is 9.58. The summed E-state index contributed by atoms with van der Waals surface area (Å²) in [6, 6.07) is 3.41. The molecule has 2 N–H and O–H groups in total. The molecule has 1 aromatic carbocycles. The Bertz CT molecular complexity index is 477. The van der Waals surface area contributed by atoms with Gasteiger partial charge in [0.25, 0.3) is 0 Å². The van der Waals surface area contributed by atoms with Crippen molar-refractivity contribution in [1.82, 2.24) is 5.32 Å². The lowest BCUT2D eigenvalue weighted by Crippen LogP contribution is -2.29. The van der Waals surface area contributed by atoms with E-state index in [1.165, 1.54) is 6.07 Å². The molecule has 1 aromatic rings. The number of benzene rings is 1. The SMILES string of the molecule is O=[N+]([O-])c1cc(C(O)CNCC2CCCO2)ccc1F. The predicted molar refractivity (Wildman–Crippen MR) is 69.9 cm³/mol. The maximum Gasteiger partial charge on any atom is 0.305 e. The van der Waals surface area contributed by atoms with Crippen molar-refractivity contribution >= 4 is 5.69 Å². The van der Waals surface area contributed by atoms with Crippen LogP contribution in [-0.4, -0.2) is 35.8 Å². The van der Waals surface area contributed by atoms with Crippen LogP contribution in [0, 0.1) is 15.9 Å². The van der Waals surface area contributed by atoms with E-state index in [1.54, 1.807) is 0 Å². The van der Waals surface area contributed by atoms with Crippen LogP contribution in [-0.2, 0) is 4.74 Å². The van der Waals surface area contributed by atoms with Crippen molar-refractivity contribution in [3.8, 4) is 0 Å². The first kappa shape index (κ1) is 14.8. The molecule has 1 aliphatic heterocycles. The zero-order valence-electron chi connectivity index (χ0n) is 10.9. The molecule has 6 nitrogen and oxygen atoms in total. The van der Waals surface area contributed by atoms with E-state index in [-0.39, 0.29) is 12.6 Å². The second-order valence-electron chi connectivity index (χ2n) is 4.78. The van der Waals surface area contributed by atoms with Crippen LogP contribution in [0.2, 0.25) is 0 Å². The lowest BCUT2D eigenvalue weighted by atomic mass is 10.1. The van der Waals surface area contributed by atoms with Gasteiger partial charge in [-0.25, -0.2) is 0 Å². The fourth-order valence-corrected chi connectivity index (χ4v) is 2.18. The van der Waals surface area contributed by atoms with E-state index in [1.807, 2.05) is 0 Å². The van der Waals surface area contributed by atoms with Crippen LogP contribution in [0.4, 0.5) is 10.1 Å². The average Bonchev–Trinajstić information content (AvgIpc) is 2.92. The first-order valence-corrected chi connectivity index (χ1v) is 6.52. The largest absolute Gasteiger partial charge is 0.387 e. The monoisotopic (exact) mass is 284 g/mol. The fraction of sp³-hybridized carbons (Fsp3) is 0.538. The molecule has 0 saturated carbocycles. The molecule has 0 bridgehead atoms. The van der Waals surface area contributed by atoms with Gasteiger partial charge in [0.15, 0.2) is 0 Å². The summed E-state index contributed by atoms with van der Waals surface area (Å²) in [5, 5.41) is 23.6. The van der Waals surface area contributed by atoms with Crippen LogP contribution in [0.15, 0.2) is 18.2 Å². The zero-order chi connectivity index (χ0) is 14.5. The Balaban J connectivity index is 1.89. The molecule has 0 spiro atoms. The second kappa shape index (κ2) is 6.74. The van der Waals surface area contributed by atoms with Crippen LogP contribution in [0.3, 0.4) is 0 Å². The number of aliphatic hydroxyl groups excluding tert-OH is 1. The van der Waals surface area contributed by atoms with Gasteiger partial charge in [0.1, 0.15) is 0 Å². The zero-order valence-corrected chi connectivity index (χ0v) is 10.9. The van der Waals surface area contributed by atoms with Crippen LogP contribution in [0.25, 0.3) is 0 Å². The Morgan fingerprint density at radius 1 is 1.60 bits per heavy atom. The van der Waals surface area contributed by atoms with Gasteiger partial charge < -0.3 is 15.2 Å². The lowest BCUT2D eigenvalue weighted by molar-refractivity contribution is -0.387. The number of hydrogen-bond donors (Lipinski definition) is 2. The number of rotatable bonds is 6. The van der Waals surface area contributed by atoms with E-state index in [4.69, 9.17) is 4.74 Å². The number of nitro groups is 1. The van der Waals surface area contributed by atoms with Crippen LogP contribution in [0.1, 0.15) is 24.5 Å². The summed E-state index contributed by atoms with van der Waals surface area (Å²) < 4.78 is 18.6. The molecule has 0 aliphatic carbocycles. The van der Waals surface area contributed by atoms with E-state index in [0.717, 1.165) is 31.6 Å². The van der Waals surface area contributed by atoms with Crippen LogP contribution < -0.4 is 5.32 Å². The number of hydrogen-bond acceptors (Lipinski definition) is 5. The van der Waals surface area contributed by atoms with Gasteiger partial charge in [-0.05, 0) is 24.5 Å². The number of ether oxygens (including phenoxy) is 1. The minimum atomic E-state index is -0.921. The van der Waals surface area contributed by atoms with Crippen LogP contribution >= 0.6 is 0 Å². The maximum atomic E-state index is 13.2. The Morgan fingerprint density at radius 2 is 2.40 bits per heavy atom. The summed E-state index contributed by atoms with van der Waals surface area (Å²) in [7, 11) is 0. The highest BCUT2D eigenvalue weighted by atomic mass is 19.1. The normalized spacial score (nSPS) is 20.0.